The van der Waals surface area contributed by atoms with Gasteiger partial charge < -0.3 is 15.4 Å². The highest BCUT2D eigenvalue weighted by Crippen LogP contribution is 2.20. The summed E-state index contributed by atoms with van der Waals surface area (Å²) in [7, 11) is 0. The van der Waals surface area contributed by atoms with Crippen LogP contribution in [0.3, 0.4) is 0 Å². The van der Waals surface area contributed by atoms with Crippen molar-refractivity contribution in [2.24, 2.45) is 0 Å². The van der Waals surface area contributed by atoms with Gasteiger partial charge in [0, 0.05) is 5.69 Å². The van der Waals surface area contributed by atoms with Crippen molar-refractivity contribution < 1.29 is 9.90 Å². The first-order valence-electron chi connectivity index (χ1n) is 6.65. The van der Waals surface area contributed by atoms with Crippen LogP contribution in [0.5, 0.6) is 0 Å². The number of aryl methyl sites for hydroxylation is 1. The largest absolute Gasteiger partial charge is 0.394 e. The first-order valence-corrected chi connectivity index (χ1v) is 6.65. The summed E-state index contributed by atoms with van der Waals surface area (Å²) >= 11 is 0. The number of benzene rings is 1. The molecule has 2 rings (SSSR count). The Morgan fingerprint density at radius 3 is 2.48 bits per heavy atom. The van der Waals surface area contributed by atoms with E-state index >= 15 is 0 Å². The molecule has 5 heteroatoms. The smallest absolute Gasteiger partial charge is 0.260 e. The Morgan fingerprint density at radius 1 is 1.24 bits per heavy atom. The van der Waals surface area contributed by atoms with Crippen LogP contribution in [0.4, 0.5) is 0 Å². The number of hydrogen-bond acceptors (Lipinski definition) is 3. The molecule has 0 aliphatic carbocycles. The maximum absolute atomic E-state index is 12.3. The topological polar surface area (TPSA) is 82.2 Å². The van der Waals surface area contributed by atoms with Crippen LogP contribution < -0.4 is 10.9 Å². The second-order valence-electron chi connectivity index (χ2n) is 5.19. The molecule has 3 N–H and O–H groups in total. The highest BCUT2D eigenvalue weighted by atomic mass is 16.3. The van der Waals surface area contributed by atoms with E-state index in [0.717, 1.165) is 5.56 Å². The summed E-state index contributed by atoms with van der Waals surface area (Å²) in [6, 6.07) is 12.3. The van der Waals surface area contributed by atoms with Crippen LogP contribution in [0.2, 0.25) is 0 Å². The van der Waals surface area contributed by atoms with Crippen molar-refractivity contribution in [1.29, 1.82) is 0 Å². The monoisotopic (exact) mass is 286 g/mol. The van der Waals surface area contributed by atoms with Crippen LogP contribution in [-0.4, -0.2) is 22.6 Å². The number of aromatic nitrogens is 1. The van der Waals surface area contributed by atoms with E-state index in [1.165, 1.54) is 6.07 Å². The predicted octanol–water partition coefficient (Wildman–Crippen LogP) is 1.32. The number of carbonyl (C=O) groups is 1. The number of H-pyrrole nitrogens is 1. The molecule has 21 heavy (non-hydrogen) atoms. The minimum atomic E-state index is -0.949. The normalized spacial score (nSPS) is 13.5. The second kappa shape index (κ2) is 5.93. The maximum Gasteiger partial charge on any atom is 0.260 e. The van der Waals surface area contributed by atoms with Crippen molar-refractivity contribution in [3.05, 3.63) is 69.6 Å². The number of aromatic amines is 1. The molecule has 1 aromatic carbocycles. The molecule has 0 aliphatic rings. The third-order valence-corrected chi connectivity index (χ3v) is 3.42. The Labute approximate surface area is 122 Å². The summed E-state index contributed by atoms with van der Waals surface area (Å²) in [5.41, 5.74) is 0.0846. The van der Waals surface area contributed by atoms with Crippen molar-refractivity contribution in [3.63, 3.8) is 0 Å². The van der Waals surface area contributed by atoms with E-state index in [2.05, 4.69) is 10.3 Å². The van der Waals surface area contributed by atoms with E-state index in [-0.39, 0.29) is 12.2 Å². The number of aliphatic hydroxyl groups excluding tert-OH is 1. The summed E-state index contributed by atoms with van der Waals surface area (Å²) in [5.74, 6) is -0.517. The minimum Gasteiger partial charge on any atom is -0.394 e. The molecule has 0 aliphatic heterocycles. The van der Waals surface area contributed by atoms with Gasteiger partial charge in [0.1, 0.15) is 5.56 Å². The Hall–Kier alpha value is -2.40. The fraction of sp³-hybridized carbons (Fsp3) is 0.250. The molecule has 1 heterocycles. The van der Waals surface area contributed by atoms with Crippen LogP contribution in [0.25, 0.3) is 0 Å². The average molecular weight is 286 g/mol. The SMILES string of the molecule is Cc1ccc(C(=O)NC(C)(CO)c2ccccc2)c(=O)[nH]1. The first-order chi connectivity index (χ1) is 9.96. The van der Waals surface area contributed by atoms with Gasteiger partial charge in [-0.1, -0.05) is 30.3 Å². The van der Waals surface area contributed by atoms with Crippen LogP contribution in [0.1, 0.15) is 28.5 Å². The number of pyridine rings is 1. The molecule has 1 aromatic heterocycles. The zero-order chi connectivity index (χ0) is 15.5. The van der Waals surface area contributed by atoms with Crippen LogP contribution in [0.15, 0.2) is 47.3 Å². The Kier molecular flexibility index (Phi) is 4.23. The van der Waals surface area contributed by atoms with Crippen LogP contribution in [-0.2, 0) is 5.54 Å². The predicted molar refractivity (Wildman–Crippen MR) is 80.1 cm³/mol. The standard InChI is InChI=1S/C16H18N2O3/c1-11-8-9-13(14(20)17-11)15(21)18-16(2,10-19)12-6-4-3-5-7-12/h3-9,19H,10H2,1-2H3,(H,17,20)(H,18,21). The molecule has 1 amide bonds. The second-order valence-corrected chi connectivity index (χ2v) is 5.19. The number of hydrogen-bond donors (Lipinski definition) is 3. The lowest BCUT2D eigenvalue weighted by atomic mass is 9.92. The van der Waals surface area contributed by atoms with Gasteiger partial charge in [-0.05, 0) is 31.5 Å². The lowest BCUT2D eigenvalue weighted by molar-refractivity contribution is 0.0848. The van der Waals surface area contributed by atoms with E-state index in [1.807, 2.05) is 30.3 Å². The molecule has 2 aromatic rings. The Balaban J connectivity index is 2.30. The van der Waals surface area contributed by atoms with Gasteiger partial charge in [-0.15, -0.1) is 0 Å². The number of rotatable bonds is 4. The third kappa shape index (κ3) is 3.20. The summed E-state index contributed by atoms with van der Waals surface area (Å²) in [5, 5.41) is 12.4. The van der Waals surface area contributed by atoms with Crippen molar-refractivity contribution in [1.82, 2.24) is 10.3 Å². The van der Waals surface area contributed by atoms with Gasteiger partial charge in [0.2, 0.25) is 0 Å². The summed E-state index contributed by atoms with van der Waals surface area (Å²) in [6.07, 6.45) is 0. The molecule has 0 saturated carbocycles. The lowest BCUT2D eigenvalue weighted by Crippen LogP contribution is -2.47. The molecule has 5 nitrogen and oxygen atoms in total. The van der Waals surface area contributed by atoms with Crippen molar-refractivity contribution in [3.8, 4) is 0 Å². The van der Waals surface area contributed by atoms with Crippen molar-refractivity contribution in [2.45, 2.75) is 19.4 Å². The quantitative estimate of drug-likeness (QED) is 0.793. The van der Waals surface area contributed by atoms with Gasteiger partial charge in [-0.25, -0.2) is 0 Å². The van der Waals surface area contributed by atoms with Gasteiger partial charge in [0.15, 0.2) is 0 Å². The number of nitrogens with one attached hydrogen (secondary N) is 2. The van der Waals surface area contributed by atoms with E-state index < -0.39 is 17.0 Å². The van der Waals surface area contributed by atoms with Gasteiger partial charge in [-0.3, -0.25) is 9.59 Å². The number of aliphatic hydroxyl groups is 1. The molecule has 0 spiro atoms. The molecule has 0 saturated heterocycles. The fourth-order valence-corrected chi connectivity index (χ4v) is 2.08. The van der Waals surface area contributed by atoms with Crippen molar-refractivity contribution >= 4 is 5.91 Å². The highest BCUT2D eigenvalue weighted by molar-refractivity contribution is 5.94. The molecule has 110 valence electrons. The van der Waals surface area contributed by atoms with Crippen LogP contribution >= 0.6 is 0 Å². The van der Waals surface area contributed by atoms with Gasteiger partial charge in [0.05, 0.1) is 12.1 Å². The van der Waals surface area contributed by atoms with Crippen LogP contribution in [0, 0.1) is 6.92 Å². The van der Waals surface area contributed by atoms with E-state index in [4.69, 9.17) is 0 Å². The molecule has 0 radical (unpaired) electrons. The Morgan fingerprint density at radius 2 is 1.90 bits per heavy atom. The molecule has 0 fully saturated rings. The Bertz CT molecular complexity index is 694. The van der Waals surface area contributed by atoms with Gasteiger partial charge >= 0.3 is 0 Å². The molecule has 0 bridgehead atoms. The number of amides is 1. The highest BCUT2D eigenvalue weighted by Gasteiger charge is 2.28. The summed E-state index contributed by atoms with van der Waals surface area (Å²) in [4.78, 5) is 26.7. The van der Waals surface area contributed by atoms with Gasteiger partial charge in [0.25, 0.3) is 11.5 Å². The van der Waals surface area contributed by atoms with E-state index in [1.54, 1.807) is 19.9 Å². The van der Waals surface area contributed by atoms with E-state index in [9.17, 15) is 14.7 Å². The average Bonchev–Trinajstić information content (AvgIpc) is 2.47. The zero-order valence-electron chi connectivity index (χ0n) is 12.0. The third-order valence-electron chi connectivity index (χ3n) is 3.42. The molecule has 1 atom stereocenters. The fourth-order valence-electron chi connectivity index (χ4n) is 2.08. The molecule has 1 unspecified atom stereocenters. The lowest BCUT2D eigenvalue weighted by Gasteiger charge is -2.29. The first kappa shape index (κ1) is 15.0. The zero-order valence-corrected chi connectivity index (χ0v) is 12.0. The van der Waals surface area contributed by atoms with Crippen molar-refractivity contribution in [2.75, 3.05) is 6.61 Å². The maximum atomic E-state index is 12.3. The summed E-state index contributed by atoms with van der Waals surface area (Å²) < 4.78 is 0. The van der Waals surface area contributed by atoms with E-state index in [0.29, 0.717) is 5.69 Å². The summed E-state index contributed by atoms with van der Waals surface area (Å²) in [6.45, 7) is 3.18. The minimum absolute atomic E-state index is 0.0243. The molecular weight excluding hydrogens is 268 g/mol. The van der Waals surface area contributed by atoms with Gasteiger partial charge in [-0.2, -0.15) is 0 Å². The number of carbonyl (C=O) groups excluding carboxylic acids is 1. The molecular formula is C16H18N2O3.